The molecule has 0 N–H and O–H groups in total. The maximum absolute atomic E-state index is 11.6. The molecule has 0 saturated heterocycles. The van der Waals surface area contributed by atoms with Crippen LogP contribution >= 0.6 is 11.6 Å². The number of ether oxygens (including phenoxy) is 3. The van der Waals surface area contributed by atoms with E-state index in [9.17, 15) is 25.0 Å². The highest BCUT2D eigenvalue weighted by molar-refractivity contribution is 6.32. The van der Waals surface area contributed by atoms with Crippen molar-refractivity contribution in [2.24, 2.45) is 0 Å². The van der Waals surface area contributed by atoms with Crippen molar-refractivity contribution in [2.75, 3.05) is 14.2 Å². The summed E-state index contributed by atoms with van der Waals surface area (Å²) in [5.74, 6) is -1.30. The van der Waals surface area contributed by atoms with Crippen molar-refractivity contribution in [3.63, 3.8) is 0 Å². The first kappa shape index (κ1) is 18.9. The highest BCUT2D eigenvalue weighted by atomic mass is 35.5. The van der Waals surface area contributed by atoms with Crippen LogP contribution in [0.1, 0.15) is 10.4 Å². The van der Waals surface area contributed by atoms with Gasteiger partial charge in [-0.3, -0.25) is 20.2 Å². The lowest BCUT2D eigenvalue weighted by Crippen LogP contribution is -2.06. The smallest absolute Gasteiger partial charge is 0.338 e. The fraction of sp³-hybridized carbons (Fsp3) is 0.133. The molecule has 2 aromatic rings. The van der Waals surface area contributed by atoms with Gasteiger partial charge in [0.1, 0.15) is 11.5 Å². The average Bonchev–Trinajstić information content (AvgIpc) is 2.62. The molecule has 0 saturated carbocycles. The van der Waals surface area contributed by atoms with Crippen LogP contribution in [0.4, 0.5) is 11.4 Å². The molecule has 0 radical (unpaired) electrons. The third-order valence-electron chi connectivity index (χ3n) is 3.22. The maximum atomic E-state index is 11.6. The highest BCUT2D eigenvalue weighted by Gasteiger charge is 2.31. The monoisotopic (exact) mass is 382 g/mol. The SMILES string of the molecule is COC(=O)c1cc([N+](=O)[O-])c(Oc2ccc(OC)cc2Cl)c([N+](=O)[O-])c1. The van der Waals surface area contributed by atoms with Gasteiger partial charge in [0.15, 0.2) is 0 Å². The van der Waals surface area contributed by atoms with Gasteiger partial charge in [0, 0.05) is 18.2 Å². The van der Waals surface area contributed by atoms with E-state index >= 15 is 0 Å². The molecule has 136 valence electrons. The van der Waals surface area contributed by atoms with Crippen molar-refractivity contribution >= 4 is 28.9 Å². The molecule has 11 heteroatoms. The van der Waals surface area contributed by atoms with E-state index in [0.29, 0.717) is 5.75 Å². The molecule has 2 aromatic carbocycles. The van der Waals surface area contributed by atoms with Gasteiger partial charge in [-0.1, -0.05) is 11.6 Å². The normalized spacial score (nSPS) is 10.1. The standard InChI is InChI=1S/C15H11ClN2O8/c1-24-9-3-4-13(10(16)7-9)26-14-11(17(20)21)5-8(15(19)25-2)6-12(14)18(22)23/h3-7H,1-2H3. The number of carbonyl (C=O) groups excluding carboxylic acids is 1. The van der Waals surface area contributed by atoms with Crippen LogP contribution in [0.3, 0.4) is 0 Å². The molecule has 0 amide bonds. The second-order valence-electron chi connectivity index (χ2n) is 4.75. The minimum absolute atomic E-state index is 0.0185. The van der Waals surface area contributed by atoms with Gasteiger partial charge in [-0.15, -0.1) is 0 Å². The lowest BCUT2D eigenvalue weighted by Gasteiger charge is -2.10. The molecule has 0 atom stereocenters. The summed E-state index contributed by atoms with van der Waals surface area (Å²) in [6.45, 7) is 0. The molecule has 0 fully saturated rings. The maximum Gasteiger partial charge on any atom is 0.338 e. The summed E-state index contributed by atoms with van der Waals surface area (Å²) >= 11 is 6.01. The Morgan fingerprint density at radius 3 is 2.04 bits per heavy atom. The largest absolute Gasteiger partial charge is 0.497 e. The Bertz CT molecular complexity index is 864. The Hall–Kier alpha value is -3.40. The first-order valence-electron chi connectivity index (χ1n) is 6.85. The molecule has 26 heavy (non-hydrogen) atoms. The quantitative estimate of drug-likeness (QED) is 0.419. The third-order valence-corrected chi connectivity index (χ3v) is 3.51. The van der Waals surface area contributed by atoms with Gasteiger partial charge < -0.3 is 14.2 Å². The Morgan fingerprint density at radius 1 is 1.04 bits per heavy atom. The number of nitro groups is 2. The number of carbonyl (C=O) groups is 1. The van der Waals surface area contributed by atoms with Crippen LogP contribution in [0.5, 0.6) is 17.2 Å². The van der Waals surface area contributed by atoms with Crippen LogP contribution in [0.2, 0.25) is 5.02 Å². The Morgan fingerprint density at radius 2 is 1.62 bits per heavy atom. The van der Waals surface area contributed by atoms with Gasteiger partial charge in [-0.05, 0) is 12.1 Å². The summed E-state index contributed by atoms with van der Waals surface area (Å²) < 4.78 is 14.8. The van der Waals surface area contributed by atoms with E-state index in [1.807, 2.05) is 0 Å². The zero-order chi connectivity index (χ0) is 19.4. The summed E-state index contributed by atoms with van der Waals surface area (Å²) in [5, 5.41) is 22.7. The number of hydrogen-bond acceptors (Lipinski definition) is 8. The number of methoxy groups -OCH3 is 2. The lowest BCUT2D eigenvalue weighted by molar-refractivity contribution is -0.395. The molecule has 0 aliphatic heterocycles. The molecule has 0 unspecified atom stereocenters. The number of nitro benzene ring substituents is 2. The minimum atomic E-state index is -0.967. The first-order valence-corrected chi connectivity index (χ1v) is 7.22. The number of rotatable bonds is 6. The van der Waals surface area contributed by atoms with E-state index in [-0.39, 0.29) is 16.3 Å². The number of nitrogens with zero attached hydrogens (tertiary/aromatic N) is 2. The number of hydrogen-bond donors (Lipinski definition) is 0. The number of halogens is 1. The average molecular weight is 383 g/mol. The second-order valence-corrected chi connectivity index (χ2v) is 5.16. The van der Waals surface area contributed by atoms with Crippen LogP contribution in [0.15, 0.2) is 30.3 Å². The molecule has 0 heterocycles. The zero-order valence-electron chi connectivity index (χ0n) is 13.4. The van der Waals surface area contributed by atoms with E-state index in [4.69, 9.17) is 21.1 Å². The third kappa shape index (κ3) is 3.81. The van der Waals surface area contributed by atoms with E-state index in [2.05, 4.69) is 4.74 Å². The van der Waals surface area contributed by atoms with Crippen molar-refractivity contribution < 1.29 is 28.9 Å². The first-order chi connectivity index (χ1) is 12.3. The summed E-state index contributed by atoms with van der Waals surface area (Å²) in [6.07, 6.45) is 0. The van der Waals surface area contributed by atoms with Crippen LogP contribution in [0, 0.1) is 20.2 Å². The van der Waals surface area contributed by atoms with E-state index in [0.717, 1.165) is 19.2 Å². The highest BCUT2D eigenvalue weighted by Crippen LogP contribution is 2.43. The van der Waals surface area contributed by atoms with E-state index < -0.39 is 32.9 Å². The van der Waals surface area contributed by atoms with Gasteiger partial charge in [0.25, 0.3) is 5.75 Å². The van der Waals surface area contributed by atoms with Crippen molar-refractivity contribution in [1.29, 1.82) is 0 Å². The topological polar surface area (TPSA) is 131 Å². The summed E-state index contributed by atoms with van der Waals surface area (Å²) in [6, 6.07) is 5.82. The molecule has 0 aliphatic carbocycles. The van der Waals surface area contributed by atoms with Crippen molar-refractivity contribution in [2.45, 2.75) is 0 Å². The predicted molar refractivity (Wildman–Crippen MR) is 89.2 cm³/mol. The fourth-order valence-corrected chi connectivity index (χ4v) is 2.22. The Balaban J connectivity index is 2.64. The van der Waals surface area contributed by atoms with Crippen LogP contribution in [-0.4, -0.2) is 30.0 Å². The van der Waals surface area contributed by atoms with E-state index in [1.54, 1.807) is 0 Å². The number of esters is 1. The lowest BCUT2D eigenvalue weighted by atomic mass is 10.1. The minimum Gasteiger partial charge on any atom is -0.497 e. The second kappa shape index (κ2) is 7.66. The molecular formula is C15H11ClN2O8. The number of benzene rings is 2. The van der Waals surface area contributed by atoms with Gasteiger partial charge in [-0.25, -0.2) is 4.79 Å². The molecule has 0 aromatic heterocycles. The Labute approximate surface area is 151 Å². The summed E-state index contributed by atoms with van der Waals surface area (Å²) in [4.78, 5) is 32.5. The van der Waals surface area contributed by atoms with Crippen LogP contribution in [-0.2, 0) is 4.74 Å². The predicted octanol–water partition coefficient (Wildman–Crippen LogP) is 3.74. The van der Waals surface area contributed by atoms with Crippen LogP contribution < -0.4 is 9.47 Å². The van der Waals surface area contributed by atoms with Gasteiger partial charge in [-0.2, -0.15) is 0 Å². The molecule has 0 bridgehead atoms. The van der Waals surface area contributed by atoms with Crippen molar-refractivity contribution in [3.05, 3.63) is 61.1 Å². The summed E-state index contributed by atoms with van der Waals surface area (Å²) in [7, 11) is 2.45. The molecule has 2 rings (SSSR count). The van der Waals surface area contributed by atoms with Gasteiger partial charge in [0.2, 0.25) is 0 Å². The van der Waals surface area contributed by atoms with Crippen LogP contribution in [0.25, 0.3) is 0 Å². The molecule has 10 nitrogen and oxygen atoms in total. The van der Waals surface area contributed by atoms with Gasteiger partial charge >= 0.3 is 17.3 Å². The molecule has 0 aliphatic rings. The molecular weight excluding hydrogens is 372 g/mol. The van der Waals surface area contributed by atoms with Crippen molar-refractivity contribution in [3.8, 4) is 17.2 Å². The molecule has 0 spiro atoms. The zero-order valence-corrected chi connectivity index (χ0v) is 14.2. The van der Waals surface area contributed by atoms with Crippen molar-refractivity contribution in [1.82, 2.24) is 0 Å². The van der Waals surface area contributed by atoms with E-state index in [1.165, 1.54) is 25.3 Å². The fourth-order valence-electron chi connectivity index (χ4n) is 2.01. The Kier molecular flexibility index (Phi) is 5.58. The van der Waals surface area contributed by atoms with Gasteiger partial charge in [0.05, 0.1) is 34.7 Å². The summed E-state index contributed by atoms with van der Waals surface area (Å²) in [5.41, 5.74) is -1.93.